The topological polar surface area (TPSA) is 55.9 Å². The van der Waals surface area contributed by atoms with Gasteiger partial charge in [-0.05, 0) is 38.6 Å². The maximum absolute atomic E-state index is 12.5. The summed E-state index contributed by atoms with van der Waals surface area (Å²) in [5.74, 6) is 0.0756. The molecule has 0 aliphatic carbocycles. The largest absolute Gasteiger partial charge is 0.334 e. The maximum atomic E-state index is 12.5. The highest BCUT2D eigenvalue weighted by Crippen LogP contribution is 2.20. The molecule has 2 aliphatic rings. The maximum Gasteiger partial charge on any atom is 0.317 e. The lowest BCUT2D eigenvalue weighted by atomic mass is 10.1. The van der Waals surface area contributed by atoms with Crippen LogP contribution in [0.25, 0.3) is 0 Å². The molecule has 7 heteroatoms. The van der Waals surface area contributed by atoms with E-state index in [1.807, 2.05) is 27.3 Å². The van der Waals surface area contributed by atoms with E-state index in [-0.39, 0.29) is 23.5 Å². The predicted molar refractivity (Wildman–Crippen MR) is 100 cm³/mol. The van der Waals surface area contributed by atoms with Crippen LogP contribution in [0.5, 0.6) is 0 Å². The van der Waals surface area contributed by atoms with Gasteiger partial charge in [0.2, 0.25) is 0 Å². The zero-order valence-electron chi connectivity index (χ0n) is 15.3. The number of likely N-dealkylation sites (tertiary alicyclic amines) is 1. The Kier molecular flexibility index (Phi) is 5.34. The Bertz CT molecular complexity index is 603. The molecule has 3 heterocycles. The van der Waals surface area contributed by atoms with Crippen LogP contribution in [0.15, 0.2) is 17.5 Å². The number of nitrogens with zero attached hydrogens (tertiary/aromatic N) is 3. The molecule has 0 saturated carbocycles. The fourth-order valence-electron chi connectivity index (χ4n) is 3.42. The summed E-state index contributed by atoms with van der Waals surface area (Å²) in [6, 6.07) is 3.97. The van der Waals surface area contributed by atoms with Gasteiger partial charge in [0, 0.05) is 50.8 Å². The van der Waals surface area contributed by atoms with Crippen LogP contribution in [0.2, 0.25) is 0 Å². The number of nitrogens with one attached hydrogen (secondary N) is 1. The third-order valence-electron chi connectivity index (χ3n) is 5.05. The van der Waals surface area contributed by atoms with Crippen molar-refractivity contribution in [1.82, 2.24) is 20.0 Å². The summed E-state index contributed by atoms with van der Waals surface area (Å²) < 4.78 is 0. The Morgan fingerprint density at radius 3 is 2.36 bits per heavy atom. The molecule has 1 unspecified atom stereocenters. The summed E-state index contributed by atoms with van der Waals surface area (Å²) in [6.07, 6.45) is 1.000. The number of carbonyl (C=O) groups is 2. The van der Waals surface area contributed by atoms with E-state index < -0.39 is 0 Å². The second kappa shape index (κ2) is 7.33. The molecular weight excluding hydrogens is 336 g/mol. The Morgan fingerprint density at radius 1 is 1.12 bits per heavy atom. The van der Waals surface area contributed by atoms with Crippen LogP contribution in [0.1, 0.15) is 36.9 Å². The van der Waals surface area contributed by atoms with E-state index >= 15 is 0 Å². The number of rotatable bonds is 2. The molecule has 3 rings (SSSR count). The molecule has 2 fully saturated rings. The first-order valence-corrected chi connectivity index (χ1v) is 9.86. The van der Waals surface area contributed by atoms with Gasteiger partial charge >= 0.3 is 6.03 Å². The highest BCUT2D eigenvalue weighted by Gasteiger charge is 2.32. The molecule has 2 aliphatic heterocycles. The highest BCUT2D eigenvalue weighted by molar-refractivity contribution is 7.12. The van der Waals surface area contributed by atoms with E-state index in [0.29, 0.717) is 26.2 Å². The summed E-state index contributed by atoms with van der Waals surface area (Å²) in [4.78, 5) is 31.7. The lowest BCUT2D eigenvalue weighted by Gasteiger charge is -2.35. The van der Waals surface area contributed by atoms with Gasteiger partial charge in [0.25, 0.3) is 5.91 Å². The molecule has 0 radical (unpaired) electrons. The minimum absolute atomic E-state index is 0.00369. The fraction of sp³-hybridized carbons (Fsp3) is 0.667. The van der Waals surface area contributed by atoms with Crippen molar-refractivity contribution in [2.75, 3.05) is 39.3 Å². The van der Waals surface area contributed by atoms with Crippen molar-refractivity contribution in [3.05, 3.63) is 22.4 Å². The highest BCUT2D eigenvalue weighted by atomic mass is 32.1. The van der Waals surface area contributed by atoms with Crippen LogP contribution in [-0.4, -0.2) is 77.5 Å². The first-order valence-electron chi connectivity index (χ1n) is 8.98. The number of piperazine rings is 1. The second-order valence-electron chi connectivity index (χ2n) is 7.81. The van der Waals surface area contributed by atoms with Gasteiger partial charge in [-0.1, -0.05) is 6.07 Å². The molecule has 1 atom stereocenters. The molecule has 6 nitrogen and oxygen atoms in total. The van der Waals surface area contributed by atoms with Gasteiger partial charge in [0.05, 0.1) is 4.88 Å². The van der Waals surface area contributed by atoms with Crippen molar-refractivity contribution >= 4 is 23.3 Å². The molecule has 2 saturated heterocycles. The summed E-state index contributed by atoms with van der Waals surface area (Å²) >= 11 is 1.47. The molecule has 138 valence electrons. The van der Waals surface area contributed by atoms with Crippen LogP contribution in [-0.2, 0) is 0 Å². The van der Waals surface area contributed by atoms with Crippen molar-refractivity contribution in [3.63, 3.8) is 0 Å². The smallest absolute Gasteiger partial charge is 0.317 e. The first-order chi connectivity index (χ1) is 11.8. The second-order valence-corrected chi connectivity index (χ2v) is 8.76. The summed E-state index contributed by atoms with van der Waals surface area (Å²) in [5.41, 5.74) is 0.146. The minimum Gasteiger partial charge on any atom is -0.334 e. The Labute approximate surface area is 153 Å². The number of thiophene rings is 1. The number of hydrogen-bond donors (Lipinski definition) is 1. The molecule has 1 aromatic rings. The SMILES string of the molecule is CC(C)(C)N1CCC(NC(=O)N2CCN(C(=O)c3cccs3)CC2)C1. The van der Waals surface area contributed by atoms with Gasteiger partial charge in [0.1, 0.15) is 0 Å². The number of amides is 3. The quantitative estimate of drug-likeness (QED) is 0.874. The summed E-state index contributed by atoms with van der Waals surface area (Å²) in [5, 5.41) is 5.08. The monoisotopic (exact) mass is 364 g/mol. The zero-order chi connectivity index (χ0) is 18.0. The third kappa shape index (κ3) is 4.33. The average molecular weight is 365 g/mol. The van der Waals surface area contributed by atoms with Crippen molar-refractivity contribution in [3.8, 4) is 0 Å². The molecule has 0 bridgehead atoms. The van der Waals surface area contributed by atoms with Crippen LogP contribution in [0.4, 0.5) is 4.79 Å². The lowest BCUT2D eigenvalue weighted by Crippen LogP contribution is -2.55. The first kappa shape index (κ1) is 18.2. The summed E-state index contributed by atoms with van der Waals surface area (Å²) in [7, 11) is 0. The minimum atomic E-state index is 0.00369. The van der Waals surface area contributed by atoms with Gasteiger partial charge < -0.3 is 15.1 Å². The van der Waals surface area contributed by atoms with E-state index in [4.69, 9.17) is 0 Å². The Balaban J connectivity index is 1.45. The van der Waals surface area contributed by atoms with Crippen LogP contribution >= 0.6 is 11.3 Å². The number of urea groups is 1. The van der Waals surface area contributed by atoms with Gasteiger partial charge in [-0.3, -0.25) is 9.69 Å². The number of hydrogen-bond acceptors (Lipinski definition) is 4. The van der Waals surface area contributed by atoms with Gasteiger partial charge in [0.15, 0.2) is 0 Å². The standard InChI is InChI=1S/C18H28N4O2S/c1-18(2,3)22-7-6-14(13-22)19-17(24)21-10-8-20(9-11-21)16(23)15-5-4-12-25-15/h4-5,12,14H,6-11,13H2,1-3H3,(H,19,24). The van der Waals surface area contributed by atoms with E-state index in [0.717, 1.165) is 24.4 Å². The predicted octanol–water partition coefficient (Wildman–Crippen LogP) is 2.09. The molecule has 0 aromatic carbocycles. The molecule has 1 aromatic heterocycles. The zero-order valence-corrected chi connectivity index (χ0v) is 16.1. The lowest BCUT2D eigenvalue weighted by molar-refractivity contribution is 0.0668. The van der Waals surface area contributed by atoms with E-state index in [1.165, 1.54) is 11.3 Å². The third-order valence-corrected chi connectivity index (χ3v) is 5.91. The van der Waals surface area contributed by atoms with Crippen molar-refractivity contribution < 1.29 is 9.59 Å². The molecule has 3 amide bonds. The fourth-order valence-corrected chi connectivity index (χ4v) is 4.11. The molecule has 0 spiro atoms. The van der Waals surface area contributed by atoms with Crippen LogP contribution < -0.4 is 5.32 Å². The number of carbonyl (C=O) groups excluding carboxylic acids is 2. The van der Waals surface area contributed by atoms with E-state index in [2.05, 4.69) is 31.0 Å². The Morgan fingerprint density at radius 2 is 1.80 bits per heavy atom. The van der Waals surface area contributed by atoms with E-state index in [9.17, 15) is 9.59 Å². The van der Waals surface area contributed by atoms with Gasteiger partial charge in [-0.25, -0.2) is 4.79 Å². The molecule has 1 N–H and O–H groups in total. The van der Waals surface area contributed by atoms with Crippen molar-refractivity contribution in [1.29, 1.82) is 0 Å². The molecule has 25 heavy (non-hydrogen) atoms. The van der Waals surface area contributed by atoms with Gasteiger partial charge in [-0.2, -0.15) is 0 Å². The van der Waals surface area contributed by atoms with Crippen LogP contribution in [0.3, 0.4) is 0 Å². The van der Waals surface area contributed by atoms with Gasteiger partial charge in [-0.15, -0.1) is 11.3 Å². The van der Waals surface area contributed by atoms with E-state index in [1.54, 1.807) is 0 Å². The van der Waals surface area contributed by atoms with Crippen molar-refractivity contribution in [2.24, 2.45) is 0 Å². The normalized spacial score (nSPS) is 22.3. The summed E-state index contributed by atoms with van der Waals surface area (Å²) in [6.45, 7) is 11.0. The molecular formula is C18H28N4O2S. The van der Waals surface area contributed by atoms with Crippen molar-refractivity contribution in [2.45, 2.75) is 38.8 Å². The van der Waals surface area contributed by atoms with Crippen LogP contribution in [0, 0.1) is 0 Å². The Hall–Kier alpha value is -1.60. The average Bonchev–Trinajstić information content (AvgIpc) is 3.25.